The van der Waals surface area contributed by atoms with Crippen LogP contribution in [0.25, 0.3) is 0 Å². The molecule has 0 radical (unpaired) electrons. The number of rotatable bonds is 3. The molecule has 2 saturated heterocycles. The van der Waals surface area contributed by atoms with Crippen LogP contribution in [0.3, 0.4) is 0 Å². The Morgan fingerprint density at radius 3 is 2.27 bits per heavy atom. The van der Waals surface area contributed by atoms with E-state index < -0.39 is 14.6 Å². The first-order valence-electron chi connectivity index (χ1n) is 10.3. The van der Waals surface area contributed by atoms with Crippen molar-refractivity contribution < 1.29 is 13.2 Å². The highest BCUT2D eigenvalue weighted by Gasteiger charge is 2.40. The molecule has 1 aromatic rings. The molecule has 0 spiro atoms. The highest BCUT2D eigenvalue weighted by molar-refractivity contribution is 14.0. The Kier molecular flexibility index (Phi) is 8.55. The van der Waals surface area contributed by atoms with Crippen LogP contribution in [0, 0.1) is 0 Å². The van der Waals surface area contributed by atoms with E-state index in [9.17, 15) is 13.2 Å². The number of halogens is 1. The van der Waals surface area contributed by atoms with Crippen LogP contribution in [-0.4, -0.2) is 73.8 Å². The number of nitrogens with one attached hydrogen (secondary N) is 1. The number of benzene rings is 1. The van der Waals surface area contributed by atoms with E-state index in [4.69, 9.17) is 0 Å². The molecule has 0 aromatic heterocycles. The molecule has 168 valence electrons. The average Bonchev–Trinajstić information content (AvgIpc) is 2.71. The molecule has 1 aromatic carbocycles. The molecule has 2 aliphatic rings. The Labute approximate surface area is 197 Å². The Bertz CT molecular complexity index is 863. The minimum atomic E-state index is -3.09. The van der Waals surface area contributed by atoms with E-state index in [0.29, 0.717) is 25.6 Å². The summed E-state index contributed by atoms with van der Waals surface area (Å²) in [5.41, 5.74) is 1.77. The number of likely N-dealkylation sites (tertiary alicyclic amines) is 1. The van der Waals surface area contributed by atoms with E-state index in [-0.39, 0.29) is 35.6 Å². The van der Waals surface area contributed by atoms with Gasteiger partial charge in [0, 0.05) is 45.3 Å². The van der Waals surface area contributed by atoms with E-state index in [0.717, 1.165) is 37.1 Å². The van der Waals surface area contributed by atoms with Gasteiger partial charge in [-0.2, -0.15) is 0 Å². The number of aliphatic imine (C=N–C) groups is 1. The monoisotopic (exact) mass is 548 g/mol. The molecule has 0 bridgehead atoms. The van der Waals surface area contributed by atoms with Crippen molar-refractivity contribution in [3.05, 3.63) is 35.4 Å². The lowest BCUT2D eigenvalue weighted by molar-refractivity contribution is 0.0724. The lowest BCUT2D eigenvalue weighted by Gasteiger charge is -2.39. The molecule has 1 N–H and O–H groups in total. The van der Waals surface area contributed by atoms with Gasteiger partial charge in [0.25, 0.3) is 5.91 Å². The SMILES string of the molecule is CN=C(NCc1ccc(C(=O)N2CCCCC2)cc1)N1CCS(=O)(=O)C(C)(C)C1.I. The fraction of sp³-hybridized carbons (Fsp3) is 0.619. The molecule has 30 heavy (non-hydrogen) atoms. The van der Waals surface area contributed by atoms with Gasteiger partial charge in [-0.25, -0.2) is 8.42 Å². The molecule has 2 aliphatic heterocycles. The number of hydrogen-bond donors (Lipinski definition) is 1. The highest BCUT2D eigenvalue weighted by Crippen LogP contribution is 2.23. The summed E-state index contributed by atoms with van der Waals surface area (Å²) in [6.07, 6.45) is 3.37. The van der Waals surface area contributed by atoms with Gasteiger partial charge in [0.2, 0.25) is 0 Å². The summed E-state index contributed by atoms with van der Waals surface area (Å²) in [5.74, 6) is 0.937. The van der Waals surface area contributed by atoms with Gasteiger partial charge in [-0.1, -0.05) is 12.1 Å². The molecule has 3 rings (SSSR count). The van der Waals surface area contributed by atoms with Gasteiger partial charge in [-0.15, -0.1) is 24.0 Å². The summed E-state index contributed by atoms with van der Waals surface area (Å²) in [6.45, 7) is 6.64. The predicted molar refractivity (Wildman–Crippen MR) is 131 cm³/mol. The number of sulfone groups is 1. The van der Waals surface area contributed by atoms with Gasteiger partial charge in [0.05, 0.1) is 10.5 Å². The Hall–Kier alpha value is -1.36. The Morgan fingerprint density at radius 2 is 1.70 bits per heavy atom. The van der Waals surface area contributed by atoms with E-state index in [2.05, 4.69) is 10.3 Å². The fourth-order valence-electron chi connectivity index (χ4n) is 3.88. The number of piperidine rings is 1. The van der Waals surface area contributed by atoms with Crippen molar-refractivity contribution in [2.45, 2.75) is 44.4 Å². The Morgan fingerprint density at radius 1 is 1.07 bits per heavy atom. The molecule has 0 unspecified atom stereocenters. The predicted octanol–water partition coefficient (Wildman–Crippen LogP) is 2.52. The first kappa shape index (κ1) is 24.9. The normalized spacial score (nSPS) is 21.0. The van der Waals surface area contributed by atoms with Gasteiger partial charge in [-0.3, -0.25) is 9.79 Å². The maximum atomic E-state index is 12.6. The second-order valence-electron chi connectivity index (χ2n) is 8.45. The van der Waals surface area contributed by atoms with Gasteiger partial charge < -0.3 is 15.1 Å². The maximum absolute atomic E-state index is 12.6. The van der Waals surface area contributed by atoms with Gasteiger partial charge in [-0.05, 0) is 50.8 Å². The van der Waals surface area contributed by atoms with Crippen molar-refractivity contribution in [2.24, 2.45) is 4.99 Å². The molecule has 0 saturated carbocycles. The number of hydrogen-bond acceptors (Lipinski definition) is 4. The van der Waals surface area contributed by atoms with E-state index >= 15 is 0 Å². The molecule has 2 heterocycles. The molecule has 0 aliphatic carbocycles. The van der Waals surface area contributed by atoms with Crippen molar-refractivity contribution in [1.29, 1.82) is 0 Å². The van der Waals surface area contributed by atoms with Gasteiger partial charge in [0.15, 0.2) is 15.8 Å². The average molecular weight is 548 g/mol. The molecular weight excluding hydrogens is 515 g/mol. The van der Waals surface area contributed by atoms with Crippen LogP contribution >= 0.6 is 24.0 Å². The summed E-state index contributed by atoms with van der Waals surface area (Å²) >= 11 is 0. The van der Waals surface area contributed by atoms with Crippen LogP contribution in [-0.2, 0) is 16.4 Å². The van der Waals surface area contributed by atoms with Crippen LogP contribution < -0.4 is 5.32 Å². The van der Waals surface area contributed by atoms with Crippen LogP contribution in [0.15, 0.2) is 29.3 Å². The summed E-state index contributed by atoms with van der Waals surface area (Å²) in [6, 6.07) is 7.69. The van der Waals surface area contributed by atoms with Crippen molar-refractivity contribution in [3.8, 4) is 0 Å². The number of carbonyl (C=O) groups excluding carboxylic acids is 1. The van der Waals surface area contributed by atoms with Crippen molar-refractivity contribution in [3.63, 3.8) is 0 Å². The molecule has 7 nitrogen and oxygen atoms in total. The molecule has 0 atom stereocenters. The van der Waals surface area contributed by atoms with Crippen LogP contribution in [0.1, 0.15) is 49.0 Å². The second-order valence-corrected chi connectivity index (χ2v) is 11.2. The van der Waals surface area contributed by atoms with Crippen molar-refractivity contribution in [1.82, 2.24) is 15.1 Å². The third-order valence-corrected chi connectivity index (χ3v) is 8.38. The number of carbonyl (C=O) groups is 1. The number of nitrogens with zero attached hydrogens (tertiary/aromatic N) is 3. The fourth-order valence-corrected chi connectivity index (χ4v) is 5.25. The van der Waals surface area contributed by atoms with Crippen LogP contribution in [0.4, 0.5) is 0 Å². The zero-order chi connectivity index (χ0) is 21.1. The first-order valence-corrected chi connectivity index (χ1v) is 11.9. The zero-order valence-electron chi connectivity index (χ0n) is 18.1. The highest BCUT2D eigenvalue weighted by atomic mass is 127. The molecule has 1 amide bonds. The summed E-state index contributed by atoms with van der Waals surface area (Å²) in [5, 5.41) is 3.32. The quantitative estimate of drug-likeness (QED) is 0.357. The standard InChI is InChI=1S/C21H32N4O3S.HI/c1-21(2)16-25(13-14-29(21,27)28)20(22-3)23-15-17-7-9-18(10-8-17)19(26)24-11-5-4-6-12-24;/h7-10H,4-6,11-16H2,1-3H3,(H,22,23);1H. The third-order valence-electron chi connectivity index (χ3n) is 5.85. The minimum Gasteiger partial charge on any atom is -0.352 e. The summed E-state index contributed by atoms with van der Waals surface area (Å²) in [7, 11) is -1.38. The molecule has 2 fully saturated rings. The lowest BCUT2D eigenvalue weighted by atomic mass is 10.1. The molecule has 9 heteroatoms. The van der Waals surface area contributed by atoms with E-state index in [1.165, 1.54) is 6.42 Å². The Balaban J connectivity index is 0.00000320. The smallest absolute Gasteiger partial charge is 0.253 e. The minimum absolute atomic E-state index is 0. The zero-order valence-corrected chi connectivity index (χ0v) is 21.2. The van der Waals surface area contributed by atoms with Crippen LogP contribution in [0.2, 0.25) is 0 Å². The van der Waals surface area contributed by atoms with Gasteiger partial charge in [0.1, 0.15) is 0 Å². The topological polar surface area (TPSA) is 82.1 Å². The molecular formula is C21H33IN4O3S. The van der Waals surface area contributed by atoms with Crippen LogP contribution in [0.5, 0.6) is 0 Å². The first-order chi connectivity index (χ1) is 13.7. The maximum Gasteiger partial charge on any atom is 0.253 e. The summed E-state index contributed by atoms with van der Waals surface area (Å²) in [4.78, 5) is 20.8. The van der Waals surface area contributed by atoms with Gasteiger partial charge >= 0.3 is 0 Å². The van der Waals surface area contributed by atoms with E-state index in [1.54, 1.807) is 20.9 Å². The second kappa shape index (κ2) is 10.3. The van der Waals surface area contributed by atoms with Crippen molar-refractivity contribution in [2.75, 3.05) is 39.0 Å². The third kappa shape index (κ3) is 5.66. The largest absolute Gasteiger partial charge is 0.352 e. The van der Waals surface area contributed by atoms with Crippen molar-refractivity contribution >= 4 is 45.7 Å². The number of amides is 1. The van der Waals surface area contributed by atoms with E-state index in [1.807, 2.05) is 34.1 Å². The summed E-state index contributed by atoms with van der Waals surface area (Å²) < 4.78 is 23.7. The number of guanidine groups is 1. The lowest BCUT2D eigenvalue weighted by Crippen LogP contribution is -2.57.